The third kappa shape index (κ3) is 6.40. The van der Waals surface area contributed by atoms with Gasteiger partial charge in [0, 0.05) is 10.7 Å². The van der Waals surface area contributed by atoms with E-state index in [1.807, 2.05) is 43.3 Å². The minimum absolute atomic E-state index is 0.178. The quantitative estimate of drug-likeness (QED) is 0.240. The summed E-state index contributed by atoms with van der Waals surface area (Å²) in [6.45, 7) is 1.70. The van der Waals surface area contributed by atoms with Crippen molar-refractivity contribution in [3.8, 4) is 11.5 Å². The highest BCUT2D eigenvalue weighted by molar-refractivity contribution is 14.1. The Morgan fingerprint density at radius 1 is 1.19 bits per heavy atom. The average Bonchev–Trinajstić information content (AvgIpc) is 3.20. The number of carbonyl (C=O) groups excluding carboxylic acids is 2. The fourth-order valence-electron chi connectivity index (χ4n) is 3.28. The average molecular weight is 634 g/mol. The maximum Gasteiger partial charge on any atom is 0.264 e. The van der Waals surface area contributed by atoms with Crippen LogP contribution in [0.1, 0.15) is 11.1 Å². The third-order valence-corrected chi connectivity index (χ3v) is 7.19. The monoisotopic (exact) mass is 633 g/mol. The van der Waals surface area contributed by atoms with E-state index in [9.17, 15) is 9.59 Å². The van der Waals surface area contributed by atoms with Crippen molar-refractivity contribution in [2.45, 2.75) is 6.92 Å². The van der Waals surface area contributed by atoms with Crippen LogP contribution in [0.5, 0.6) is 11.5 Å². The number of amidine groups is 1. The molecule has 2 N–H and O–H groups in total. The zero-order valence-corrected chi connectivity index (χ0v) is 23.0. The lowest BCUT2D eigenvalue weighted by molar-refractivity contribution is -0.118. The van der Waals surface area contributed by atoms with E-state index in [2.05, 4.69) is 38.2 Å². The maximum atomic E-state index is 12.6. The molecule has 184 valence electrons. The highest BCUT2D eigenvalue weighted by atomic mass is 127. The molecule has 1 aliphatic heterocycles. The first-order chi connectivity index (χ1) is 17.3. The number of hydrogen-bond donors (Lipinski definition) is 2. The Bertz CT molecular complexity index is 1380. The molecule has 2 amide bonds. The van der Waals surface area contributed by atoms with Gasteiger partial charge in [-0.3, -0.25) is 9.59 Å². The molecule has 1 saturated heterocycles. The predicted octanol–water partition coefficient (Wildman–Crippen LogP) is 6.17. The summed E-state index contributed by atoms with van der Waals surface area (Å²) in [4.78, 5) is 29.9. The van der Waals surface area contributed by atoms with Gasteiger partial charge < -0.3 is 20.1 Å². The van der Waals surface area contributed by atoms with Crippen molar-refractivity contribution < 1.29 is 19.1 Å². The van der Waals surface area contributed by atoms with Crippen LogP contribution in [-0.4, -0.2) is 30.7 Å². The zero-order chi connectivity index (χ0) is 25.7. The summed E-state index contributed by atoms with van der Waals surface area (Å²) in [6.07, 6.45) is 1.75. The molecular formula is C26H21ClIN3O4S. The Hall–Kier alpha value is -3.02. The van der Waals surface area contributed by atoms with Gasteiger partial charge in [-0.15, -0.1) is 0 Å². The Morgan fingerprint density at radius 3 is 2.72 bits per heavy atom. The van der Waals surface area contributed by atoms with Gasteiger partial charge in [0.05, 0.1) is 21.3 Å². The van der Waals surface area contributed by atoms with Gasteiger partial charge in [-0.05, 0) is 94.9 Å². The maximum absolute atomic E-state index is 12.6. The van der Waals surface area contributed by atoms with Crippen LogP contribution >= 0.6 is 46.0 Å². The highest BCUT2D eigenvalue weighted by Crippen LogP contribution is 2.36. The number of nitrogens with one attached hydrogen (secondary N) is 2. The van der Waals surface area contributed by atoms with Crippen molar-refractivity contribution in [1.29, 1.82) is 0 Å². The third-order valence-electron chi connectivity index (χ3n) is 5.07. The van der Waals surface area contributed by atoms with Gasteiger partial charge in [0.2, 0.25) is 0 Å². The van der Waals surface area contributed by atoms with Crippen LogP contribution in [0, 0.1) is 10.5 Å². The summed E-state index contributed by atoms with van der Waals surface area (Å²) < 4.78 is 12.0. The molecule has 10 heteroatoms. The van der Waals surface area contributed by atoms with Gasteiger partial charge in [0.15, 0.2) is 23.3 Å². The molecule has 4 rings (SSSR count). The molecule has 3 aromatic rings. The lowest BCUT2D eigenvalue weighted by atomic mass is 10.2. The van der Waals surface area contributed by atoms with E-state index in [1.54, 1.807) is 30.3 Å². The second-order valence-electron chi connectivity index (χ2n) is 7.60. The summed E-state index contributed by atoms with van der Waals surface area (Å²) in [5.41, 5.74) is 2.97. The topological polar surface area (TPSA) is 89.0 Å². The summed E-state index contributed by atoms with van der Waals surface area (Å²) >= 11 is 9.53. The standard InChI is InChI=1S/C26H21ClIN3O4S/c1-15-18(27)9-6-10-20(15)30-26-31-25(33)22(36-26)13-16-11-19(28)24(21(12-16)34-2)35-14-23(32)29-17-7-4-3-5-8-17/h3-13H,14H2,1-2H3,(H,29,32)(H,30,31,33)/b22-13+. The van der Waals surface area contributed by atoms with Crippen molar-refractivity contribution in [1.82, 2.24) is 5.32 Å². The lowest BCUT2D eigenvalue weighted by Crippen LogP contribution is -2.20. The molecular weight excluding hydrogens is 613 g/mol. The van der Waals surface area contributed by atoms with Gasteiger partial charge in [-0.25, -0.2) is 4.99 Å². The molecule has 0 atom stereocenters. The van der Waals surface area contributed by atoms with E-state index in [1.165, 1.54) is 18.9 Å². The predicted molar refractivity (Wildman–Crippen MR) is 153 cm³/mol. The number of hydrogen-bond acceptors (Lipinski definition) is 6. The van der Waals surface area contributed by atoms with Crippen LogP contribution in [0.2, 0.25) is 5.02 Å². The van der Waals surface area contributed by atoms with Gasteiger partial charge in [0.25, 0.3) is 11.8 Å². The van der Waals surface area contributed by atoms with Crippen molar-refractivity contribution >= 4 is 80.4 Å². The molecule has 0 aliphatic carbocycles. The second-order valence-corrected chi connectivity index (χ2v) is 10.2. The van der Waals surface area contributed by atoms with E-state index >= 15 is 0 Å². The number of halogens is 2. The number of carbonyl (C=O) groups is 2. The van der Waals surface area contributed by atoms with Crippen molar-refractivity contribution in [3.05, 3.63) is 85.3 Å². The minimum Gasteiger partial charge on any atom is -0.493 e. The number of aliphatic imine (C=N–C) groups is 1. The van der Waals surface area contributed by atoms with Gasteiger partial charge >= 0.3 is 0 Å². The van der Waals surface area contributed by atoms with E-state index in [0.29, 0.717) is 38.0 Å². The van der Waals surface area contributed by atoms with Crippen LogP contribution in [0.25, 0.3) is 6.08 Å². The highest BCUT2D eigenvalue weighted by Gasteiger charge is 2.24. The molecule has 0 spiro atoms. The zero-order valence-electron chi connectivity index (χ0n) is 19.3. The molecule has 1 heterocycles. The number of rotatable bonds is 7. The molecule has 0 radical (unpaired) electrons. The number of methoxy groups -OCH3 is 1. The SMILES string of the molecule is COc1cc(/C=C2/SC(=Nc3cccc(Cl)c3C)NC2=O)cc(I)c1OCC(=O)Nc1ccccc1. The Kier molecular flexibility index (Phi) is 8.55. The second kappa shape index (κ2) is 11.8. The molecule has 0 unspecified atom stereocenters. The number of anilines is 1. The van der Waals surface area contributed by atoms with Gasteiger partial charge in [-0.2, -0.15) is 0 Å². The molecule has 1 aliphatic rings. The van der Waals surface area contributed by atoms with E-state index in [4.69, 9.17) is 21.1 Å². The molecule has 0 bridgehead atoms. The number of nitrogens with zero attached hydrogens (tertiary/aromatic N) is 1. The summed E-state index contributed by atoms with van der Waals surface area (Å²) in [5.74, 6) is 0.370. The van der Waals surface area contributed by atoms with Crippen molar-refractivity contribution in [2.75, 3.05) is 19.0 Å². The van der Waals surface area contributed by atoms with Crippen molar-refractivity contribution in [2.24, 2.45) is 4.99 Å². The van der Waals surface area contributed by atoms with Crippen molar-refractivity contribution in [3.63, 3.8) is 0 Å². The molecule has 36 heavy (non-hydrogen) atoms. The van der Waals surface area contributed by atoms with E-state index in [0.717, 1.165) is 14.7 Å². The van der Waals surface area contributed by atoms with Crippen LogP contribution in [0.15, 0.2) is 70.6 Å². The first-order valence-corrected chi connectivity index (χ1v) is 13.0. The fourth-order valence-corrected chi connectivity index (χ4v) is 5.06. The smallest absolute Gasteiger partial charge is 0.264 e. The molecule has 0 aromatic heterocycles. The fraction of sp³-hybridized carbons (Fsp3) is 0.115. The Morgan fingerprint density at radius 2 is 1.97 bits per heavy atom. The number of amides is 2. The molecule has 1 fully saturated rings. The number of benzene rings is 3. The summed E-state index contributed by atoms with van der Waals surface area (Å²) in [7, 11) is 1.52. The number of para-hydroxylation sites is 1. The lowest BCUT2D eigenvalue weighted by Gasteiger charge is -2.14. The Labute approximate surface area is 231 Å². The first-order valence-electron chi connectivity index (χ1n) is 10.7. The molecule has 3 aromatic carbocycles. The van der Waals surface area contributed by atoms with Crippen LogP contribution < -0.4 is 20.1 Å². The van der Waals surface area contributed by atoms with Crippen LogP contribution in [0.3, 0.4) is 0 Å². The number of ether oxygens (including phenoxy) is 2. The van der Waals surface area contributed by atoms with E-state index in [-0.39, 0.29) is 18.4 Å². The van der Waals surface area contributed by atoms with Gasteiger partial charge in [0.1, 0.15) is 0 Å². The summed E-state index contributed by atoms with van der Waals surface area (Å²) in [6, 6.07) is 18.2. The number of thioether (sulfide) groups is 1. The molecule has 7 nitrogen and oxygen atoms in total. The van der Waals surface area contributed by atoms with Crippen LogP contribution in [0.4, 0.5) is 11.4 Å². The largest absolute Gasteiger partial charge is 0.493 e. The summed E-state index contributed by atoms with van der Waals surface area (Å²) in [5, 5.41) is 6.66. The van der Waals surface area contributed by atoms with Gasteiger partial charge in [-0.1, -0.05) is 35.9 Å². The van der Waals surface area contributed by atoms with Crippen LogP contribution in [-0.2, 0) is 9.59 Å². The minimum atomic E-state index is -0.286. The normalized spacial score (nSPS) is 15.2. The molecule has 0 saturated carbocycles. The van der Waals surface area contributed by atoms with E-state index < -0.39 is 0 Å². The first kappa shape index (κ1) is 26.1. The Balaban J connectivity index is 1.49.